The maximum Gasteiger partial charge on any atom is 0.285 e. The molecular weight excluding hydrogens is 456 g/mol. The van der Waals surface area contributed by atoms with Crippen molar-refractivity contribution in [1.29, 1.82) is 0 Å². The van der Waals surface area contributed by atoms with E-state index in [-0.39, 0.29) is 20.6 Å². The third-order valence-corrected chi connectivity index (χ3v) is 6.26. The highest BCUT2D eigenvalue weighted by Gasteiger charge is 2.25. The Bertz CT molecular complexity index is 1130. The summed E-state index contributed by atoms with van der Waals surface area (Å²) in [6.07, 6.45) is 2.62. The average Bonchev–Trinajstić information content (AvgIpc) is 3.06. The number of halogens is 4. The Labute approximate surface area is 174 Å². The Balaban J connectivity index is 1.90. The highest BCUT2D eigenvalue weighted by Crippen LogP contribution is 2.29. The zero-order chi connectivity index (χ0) is 19.8. The van der Waals surface area contributed by atoms with Crippen LogP contribution in [-0.2, 0) is 10.0 Å². The molecule has 0 radical (unpaired) electrons. The fourth-order valence-corrected chi connectivity index (χ4v) is 4.71. The molecule has 1 aromatic heterocycles. The maximum absolute atomic E-state index is 12.5. The topological polar surface area (TPSA) is 81.1 Å². The SMILES string of the molecule is O=C(NS(=O)(=O)c1c(Cl)cccc1Cl)c1cn(-c2cc(Cl)ccc2Cl)cn1. The lowest BCUT2D eigenvalue weighted by Gasteiger charge is -2.09. The number of sulfonamides is 1. The van der Waals surface area contributed by atoms with E-state index in [0.29, 0.717) is 15.7 Å². The zero-order valence-corrected chi connectivity index (χ0v) is 17.0. The Hall–Kier alpha value is -1.77. The lowest BCUT2D eigenvalue weighted by Crippen LogP contribution is -2.31. The maximum atomic E-state index is 12.5. The van der Waals surface area contributed by atoms with Crippen LogP contribution in [0.3, 0.4) is 0 Å². The van der Waals surface area contributed by atoms with Crippen LogP contribution in [0.4, 0.5) is 0 Å². The predicted molar refractivity (Wildman–Crippen MR) is 105 cm³/mol. The molecule has 0 aliphatic rings. The summed E-state index contributed by atoms with van der Waals surface area (Å²) in [4.78, 5) is 15.9. The van der Waals surface area contributed by atoms with Crippen LogP contribution in [0.1, 0.15) is 10.5 Å². The normalized spacial score (nSPS) is 11.4. The summed E-state index contributed by atoms with van der Waals surface area (Å²) in [6.45, 7) is 0. The van der Waals surface area contributed by atoms with Gasteiger partial charge in [0.2, 0.25) is 0 Å². The van der Waals surface area contributed by atoms with Crippen molar-refractivity contribution in [3.8, 4) is 5.69 Å². The molecule has 0 fully saturated rings. The van der Waals surface area contributed by atoms with E-state index in [4.69, 9.17) is 46.4 Å². The van der Waals surface area contributed by atoms with Crippen LogP contribution in [-0.4, -0.2) is 23.9 Å². The lowest BCUT2D eigenvalue weighted by molar-refractivity contribution is 0.0977. The summed E-state index contributed by atoms with van der Waals surface area (Å²) in [6, 6.07) is 8.96. The molecular formula is C16H9Cl4N3O3S. The molecule has 1 amide bonds. The number of carbonyl (C=O) groups excluding carboxylic acids is 1. The van der Waals surface area contributed by atoms with Gasteiger partial charge in [-0.3, -0.25) is 4.79 Å². The number of aromatic nitrogens is 2. The molecule has 0 unspecified atom stereocenters. The summed E-state index contributed by atoms with van der Waals surface area (Å²) < 4.78 is 28.3. The Morgan fingerprint density at radius 1 is 1.00 bits per heavy atom. The highest BCUT2D eigenvalue weighted by molar-refractivity contribution is 7.90. The Morgan fingerprint density at radius 2 is 1.67 bits per heavy atom. The van der Waals surface area contributed by atoms with Gasteiger partial charge in [0.05, 0.1) is 20.8 Å². The fraction of sp³-hybridized carbons (Fsp3) is 0. The third kappa shape index (κ3) is 4.23. The van der Waals surface area contributed by atoms with Crippen LogP contribution in [0.5, 0.6) is 0 Å². The first kappa shape index (κ1) is 20.0. The van der Waals surface area contributed by atoms with Crippen molar-refractivity contribution in [3.63, 3.8) is 0 Å². The number of imidazole rings is 1. The van der Waals surface area contributed by atoms with Gasteiger partial charge in [0.15, 0.2) is 0 Å². The zero-order valence-electron chi connectivity index (χ0n) is 13.2. The van der Waals surface area contributed by atoms with Gasteiger partial charge in [-0.1, -0.05) is 52.5 Å². The summed E-state index contributed by atoms with van der Waals surface area (Å²) in [7, 11) is -4.30. The number of nitrogens with zero attached hydrogens (tertiary/aromatic N) is 2. The standard InChI is InChI=1S/C16H9Cl4N3O3S/c17-9-4-5-10(18)14(6-9)23-7-13(21-8-23)16(24)22-27(25,26)15-11(19)2-1-3-12(15)20/h1-8H,(H,22,24). The number of benzene rings is 2. The van der Waals surface area contributed by atoms with Crippen molar-refractivity contribution in [3.05, 3.63) is 74.7 Å². The van der Waals surface area contributed by atoms with E-state index < -0.39 is 15.9 Å². The Kier molecular flexibility index (Phi) is 5.69. The van der Waals surface area contributed by atoms with Crippen molar-refractivity contribution in [2.75, 3.05) is 0 Å². The van der Waals surface area contributed by atoms with E-state index in [9.17, 15) is 13.2 Å². The van der Waals surface area contributed by atoms with E-state index in [1.165, 1.54) is 35.3 Å². The second-order valence-electron chi connectivity index (χ2n) is 5.25. The first-order chi connectivity index (χ1) is 12.7. The van der Waals surface area contributed by atoms with Crippen LogP contribution >= 0.6 is 46.4 Å². The third-order valence-electron chi connectivity index (χ3n) is 3.42. The molecule has 27 heavy (non-hydrogen) atoms. The lowest BCUT2D eigenvalue weighted by atomic mass is 10.3. The first-order valence-corrected chi connectivity index (χ1v) is 10.2. The minimum atomic E-state index is -4.30. The smallest absolute Gasteiger partial charge is 0.285 e. The van der Waals surface area contributed by atoms with E-state index in [2.05, 4.69) is 4.98 Å². The number of rotatable bonds is 4. The number of amides is 1. The minimum Gasteiger partial charge on any atom is -0.304 e. The fourth-order valence-electron chi connectivity index (χ4n) is 2.22. The summed E-state index contributed by atoms with van der Waals surface area (Å²) in [5.74, 6) is -0.956. The van der Waals surface area contributed by atoms with Crippen molar-refractivity contribution in [2.45, 2.75) is 4.90 Å². The summed E-state index contributed by atoms with van der Waals surface area (Å²) >= 11 is 23.8. The molecule has 1 heterocycles. The second kappa shape index (κ2) is 7.69. The van der Waals surface area contributed by atoms with Gasteiger partial charge in [-0.05, 0) is 30.3 Å². The molecule has 11 heteroatoms. The highest BCUT2D eigenvalue weighted by atomic mass is 35.5. The molecule has 1 N–H and O–H groups in total. The van der Waals surface area contributed by atoms with Crippen molar-refractivity contribution >= 4 is 62.3 Å². The molecule has 2 aromatic carbocycles. The Morgan fingerprint density at radius 3 is 2.33 bits per heavy atom. The first-order valence-electron chi connectivity index (χ1n) is 7.19. The molecule has 0 saturated carbocycles. The predicted octanol–water partition coefficient (Wildman–Crippen LogP) is 4.60. The largest absolute Gasteiger partial charge is 0.304 e. The number of nitrogens with one attached hydrogen (secondary N) is 1. The van der Waals surface area contributed by atoms with Gasteiger partial charge in [0.25, 0.3) is 15.9 Å². The van der Waals surface area contributed by atoms with Gasteiger partial charge in [-0.15, -0.1) is 0 Å². The van der Waals surface area contributed by atoms with Gasteiger partial charge in [-0.2, -0.15) is 0 Å². The quantitative estimate of drug-likeness (QED) is 0.611. The van der Waals surface area contributed by atoms with Crippen LogP contribution in [0.2, 0.25) is 20.1 Å². The molecule has 3 rings (SSSR count). The molecule has 0 spiro atoms. The molecule has 3 aromatic rings. The number of hydrogen-bond donors (Lipinski definition) is 1. The van der Waals surface area contributed by atoms with Crippen LogP contribution in [0.25, 0.3) is 5.69 Å². The van der Waals surface area contributed by atoms with E-state index in [1.807, 2.05) is 4.72 Å². The molecule has 140 valence electrons. The van der Waals surface area contributed by atoms with Gasteiger partial charge < -0.3 is 4.57 Å². The summed E-state index contributed by atoms with van der Waals surface area (Å²) in [5, 5.41) is 0.586. The van der Waals surface area contributed by atoms with Crippen LogP contribution in [0.15, 0.2) is 53.8 Å². The van der Waals surface area contributed by atoms with Crippen molar-refractivity contribution < 1.29 is 13.2 Å². The molecule has 6 nitrogen and oxygen atoms in total. The summed E-state index contributed by atoms with van der Waals surface area (Å²) in [5.41, 5.74) is 0.325. The van der Waals surface area contributed by atoms with Crippen LogP contribution < -0.4 is 4.72 Å². The van der Waals surface area contributed by atoms with Gasteiger partial charge in [0, 0.05) is 11.2 Å². The molecule has 0 aliphatic heterocycles. The number of carbonyl (C=O) groups is 1. The van der Waals surface area contributed by atoms with Gasteiger partial charge in [-0.25, -0.2) is 18.1 Å². The van der Waals surface area contributed by atoms with Crippen LogP contribution in [0, 0.1) is 0 Å². The molecule has 0 atom stereocenters. The van der Waals surface area contributed by atoms with E-state index in [0.717, 1.165) is 0 Å². The van der Waals surface area contributed by atoms with Gasteiger partial charge in [0.1, 0.15) is 16.9 Å². The van der Waals surface area contributed by atoms with Crippen molar-refractivity contribution in [1.82, 2.24) is 14.3 Å². The van der Waals surface area contributed by atoms with Crippen molar-refractivity contribution in [2.24, 2.45) is 0 Å². The molecule has 0 saturated heterocycles. The monoisotopic (exact) mass is 463 g/mol. The molecule has 0 aliphatic carbocycles. The average molecular weight is 465 g/mol. The van der Waals surface area contributed by atoms with E-state index in [1.54, 1.807) is 18.2 Å². The number of hydrogen-bond acceptors (Lipinski definition) is 4. The van der Waals surface area contributed by atoms with Gasteiger partial charge >= 0.3 is 0 Å². The second-order valence-corrected chi connectivity index (χ2v) is 8.52. The minimum absolute atomic E-state index is 0.112. The van der Waals surface area contributed by atoms with E-state index >= 15 is 0 Å². The molecule has 0 bridgehead atoms.